The first kappa shape index (κ1) is 23.3. The number of aryl methyl sites for hydroxylation is 1. The molecule has 160 valence electrons. The van der Waals surface area contributed by atoms with Crippen molar-refractivity contribution in [2.75, 3.05) is 6.61 Å². The topological polar surface area (TPSA) is 101 Å². The summed E-state index contributed by atoms with van der Waals surface area (Å²) in [5.74, 6) is -1.42. The van der Waals surface area contributed by atoms with Gasteiger partial charge < -0.3 is 14.9 Å². The molecule has 0 fully saturated rings. The lowest BCUT2D eigenvalue weighted by atomic mass is 9.86. The van der Waals surface area contributed by atoms with Crippen LogP contribution in [0.5, 0.6) is 11.5 Å². The van der Waals surface area contributed by atoms with E-state index in [0.717, 1.165) is 11.6 Å². The molecule has 3 rings (SSSR count). The molecular weight excluding hydrogens is 396 g/mol. The standard InChI is InChI=1S/C15H12O2.C10H12O4/c1-2-13(11-6-4-3-5-7-11)14-10-12(16)8-9-15(14)17;1-3-14-10(13)9-6(2)4-7(11)5-8(9)12/h2-10,13H,1H2;4-5,11-12H,3H2,1-2H3. The van der Waals surface area contributed by atoms with Crippen molar-refractivity contribution >= 4 is 17.5 Å². The molecular formula is C25H24O6. The Hall–Kier alpha value is -3.93. The van der Waals surface area contributed by atoms with E-state index in [0.29, 0.717) is 11.1 Å². The van der Waals surface area contributed by atoms with Crippen molar-refractivity contribution in [3.8, 4) is 11.5 Å². The van der Waals surface area contributed by atoms with Crippen LogP contribution in [0.1, 0.15) is 34.3 Å². The Morgan fingerprint density at radius 1 is 1.13 bits per heavy atom. The molecule has 31 heavy (non-hydrogen) atoms. The van der Waals surface area contributed by atoms with E-state index < -0.39 is 5.97 Å². The number of phenolic OH excluding ortho intramolecular Hbond substituents is 2. The molecule has 1 aliphatic carbocycles. The normalized spacial score (nSPS) is 13.5. The number of aromatic hydroxyl groups is 2. The zero-order valence-corrected chi connectivity index (χ0v) is 17.4. The Kier molecular flexibility index (Phi) is 8.09. The van der Waals surface area contributed by atoms with Crippen LogP contribution in [-0.2, 0) is 14.3 Å². The molecule has 2 aromatic rings. The number of phenols is 2. The summed E-state index contributed by atoms with van der Waals surface area (Å²) in [5, 5.41) is 18.5. The Balaban J connectivity index is 0.000000225. The summed E-state index contributed by atoms with van der Waals surface area (Å²) < 4.78 is 4.75. The largest absolute Gasteiger partial charge is 0.508 e. The molecule has 0 aromatic heterocycles. The summed E-state index contributed by atoms with van der Waals surface area (Å²) in [4.78, 5) is 34.4. The van der Waals surface area contributed by atoms with Crippen LogP contribution < -0.4 is 0 Å². The maximum absolute atomic E-state index is 11.8. The first-order valence-electron chi connectivity index (χ1n) is 9.63. The fourth-order valence-electron chi connectivity index (χ4n) is 3.09. The minimum Gasteiger partial charge on any atom is -0.508 e. The highest BCUT2D eigenvalue weighted by Gasteiger charge is 2.21. The van der Waals surface area contributed by atoms with Crippen LogP contribution in [0.25, 0.3) is 0 Å². The van der Waals surface area contributed by atoms with Crippen LogP contribution in [0.3, 0.4) is 0 Å². The zero-order valence-electron chi connectivity index (χ0n) is 17.4. The average molecular weight is 420 g/mol. The second-order valence-corrected chi connectivity index (χ2v) is 6.70. The van der Waals surface area contributed by atoms with E-state index >= 15 is 0 Å². The van der Waals surface area contributed by atoms with Gasteiger partial charge in [-0.25, -0.2) is 4.79 Å². The molecule has 0 saturated heterocycles. The SMILES string of the molecule is C=CC(C1=CC(=O)C=CC1=O)c1ccccc1.CCOC(=O)c1c(C)cc(O)cc1O. The van der Waals surface area contributed by atoms with Crippen molar-refractivity contribution < 1.29 is 29.3 Å². The van der Waals surface area contributed by atoms with Gasteiger partial charge in [0.25, 0.3) is 0 Å². The van der Waals surface area contributed by atoms with Crippen LogP contribution in [0.15, 0.2) is 78.9 Å². The predicted octanol–water partition coefficient (Wildman–Crippen LogP) is 4.17. The molecule has 0 aliphatic heterocycles. The monoisotopic (exact) mass is 420 g/mol. The summed E-state index contributed by atoms with van der Waals surface area (Å²) in [6.45, 7) is 7.29. The molecule has 6 heteroatoms. The summed E-state index contributed by atoms with van der Waals surface area (Å²) in [5.41, 5.74) is 2.04. The van der Waals surface area contributed by atoms with Gasteiger partial charge >= 0.3 is 5.97 Å². The highest BCUT2D eigenvalue weighted by Crippen LogP contribution is 2.28. The van der Waals surface area contributed by atoms with Crippen LogP contribution in [0.4, 0.5) is 0 Å². The highest BCUT2D eigenvalue weighted by atomic mass is 16.5. The van der Waals surface area contributed by atoms with E-state index in [1.165, 1.54) is 24.3 Å². The number of benzene rings is 2. The van der Waals surface area contributed by atoms with Crippen molar-refractivity contribution in [2.24, 2.45) is 0 Å². The fraction of sp³-hybridized carbons (Fsp3) is 0.160. The van der Waals surface area contributed by atoms with Crippen molar-refractivity contribution in [3.63, 3.8) is 0 Å². The van der Waals surface area contributed by atoms with Gasteiger partial charge in [0.2, 0.25) is 0 Å². The van der Waals surface area contributed by atoms with E-state index in [2.05, 4.69) is 6.58 Å². The zero-order chi connectivity index (χ0) is 23.0. The minimum absolute atomic E-state index is 0.0759. The molecule has 2 N–H and O–H groups in total. The summed E-state index contributed by atoms with van der Waals surface area (Å²) in [6, 6.07) is 12.1. The lowest BCUT2D eigenvalue weighted by molar-refractivity contribution is -0.114. The first-order valence-corrected chi connectivity index (χ1v) is 9.63. The number of carbonyl (C=O) groups is 3. The smallest absolute Gasteiger partial charge is 0.342 e. The third-order valence-electron chi connectivity index (χ3n) is 4.49. The van der Waals surface area contributed by atoms with E-state index in [4.69, 9.17) is 9.84 Å². The van der Waals surface area contributed by atoms with Gasteiger partial charge in [0, 0.05) is 17.6 Å². The van der Waals surface area contributed by atoms with Crippen LogP contribution in [0.2, 0.25) is 0 Å². The van der Waals surface area contributed by atoms with Gasteiger partial charge in [-0.1, -0.05) is 36.4 Å². The van der Waals surface area contributed by atoms with E-state index in [1.54, 1.807) is 19.9 Å². The molecule has 6 nitrogen and oxygen atoms in total. The van der Waals surface area contributed by atoms with Gasteiger partial charge in [0.1, 0.15) is 17.1 Å². The molecule has 0 amide bonds. The second-order valence-electron chi connectivity index (χ2n) is 6.70. The Morgan fingerprint density at radius 3 is 2.39 bits per heavy atom. The van der Waals surface area contributed by atoms with E-state index in [-0.39, 0.29) is 41.2 Å². The lowest BCUT2D eigenvalue weighted by Gasteiger charge is -2.16. The third kappa shape index (κ3) is 6.02. The number of carbonyl (C=O) groups excluding carboxylic acids is 3. The highest BCUT2D eigenvalue weighted by molar-refractivity contribution is 6.18. The third-order valence-corrected chi connectivity index (χ3v) is 4.49. The molecule has 0 radical (unpaired) electrons. The molecule has 1 aliphatic rings. The van der Waals surface area contributed by atoms with Crippen molar-refractivity contribution in [3.05, 3.63) is 95.6 Å². The number of ketones is 2. The Bertz CT molecular complexity index is 1020. The van der Waals surface area contributed by atoms with Gasteiger partial charge in [0.15, 0.2) is 11.6 Å². The summed E-state index contributed by atoms with van der Waals surface area (Å²) in [7, 11) is 0. The number of hydrogen-bond donors (Lipinski definition) is 2. The van der Waals surface area contributed by atoms with Gasteiger partial charge in [0.05, 0.1) is 6.61 Å². The molecule has 0 heterocycles. The van der Waals surface area contributed by atoms with Crippen LogP contribution >= 0.6 is 0 Å². The summed E-state index contributed by atoms with van der Waals surface area (Å²) >= 11 is 0. The predicted molar refractivity (Wildman–Crippen MR) is 117 cm³/mol. The van der Waals surface area contributed by atoms with Gasteiger partial charge in [-0.3, -0.25) is 9.59 Å². The Labute approximate surface area is 180 Å². The molecule has 1 unspecified atom stereocenters. The first-order chi connectivity index (χ1) is 14.8. The maximum atomic E-state index is 11.8. The quantitative estimate of drug-likeness (QED) is 0.428. The molecule has 1 atom stereocenters. The number of rotatable bonds is 5. The van der Waals surface area contributed by atoms with Gasteiger partial charge in [-0.15, -0.1) is 6.58 Å². The molecule has 0 bridgehead atoms. The fourth-order valence-corrected chi connectivity index (χ4v) is 3.09. The second kappa shape index (κ2) is 10.7. The van der Waals surface area contributed by atoms with Crippen LogP contribution in [0, 0.1) is 6.92 Å². The minimum atomic E-state index is -0.581. The number of ether oxygens (including phenoxy) is 1. The van der Waals surface area contributed by atoms with Crippen LogP contribution in [-0.4, -0.2) is 34.4 Å². The number of allylic oxidation sites excluding steroid dienone is 5. The van der Waals surface area contributed by atoms with E-state index in [9.17, 15) is 19.5 Å². The molecule has 0 saturated carbocycles. The van der Waals surface area contributed by atoms with E-state index in [1.807, 2.05) is 30.3 Å². The van der Waals surface area contributed by atoms with Gasteiger partial charge in [-0.2, -0.15) is 0 Å². The average Bonchev–Trinajstić information content (AvgIpc) is 2.72. The number of esters is 1. The maximum Gasteiger partial charge on any atom is 0.342 e. The van der Waals surface area contributed by atoms with Gasteiger partial charge in [-0.05, 0) is 49.3 Å². The molecule has 0 spiro atoms. The van der Waals surface area contributed by atoms with Crippen molar-refractivity contribution in [2.45, 2.75) is 19.8 Å². The van der Waals surface area contributed by atoms with Crippen molar-refractivity contribution in [1.82, 2.24) is 0 Å². The lowest BCUT2D eigenvalue weighted by Crippen LogP contribution is -2.13. The number of hydrogen-bond acceptors (Lipinski definition) is 6. The Morgan fingerprint density at radius 2 is 1.81 bits per heavy atom. The molecule has 2 aromatic carbocycles. The summed E-state index contributed by atoms with van der Waals surface area (Å²) in [6.07, 6.45) is 5.68. The van der Waals surface area contributed by atoms with Crippen molar-refractivity contribution in [1.29, 1.82) is 0 Å².